The van der Waals surface area contributed by atoms with Gasteiger partial charge in [-0.25, -0.2) is 0 Å². The summed E-state index contributed by atoms with van der Waals surface area (Å²) in [6.07, 6.45) is 3.49. The molecule has 3 saturated heterocycles. The Hall–Kier alpha value is -1.28. The minimum absolute atomic E-state index is 0.00702. The van der Waals surface area contributed by atoms with Gasteiger partial charge in [-0.05, 0) is 38.0 Å². The second kappa shape index (κ2) is 9.92. The van der Waals surface area contributed by atoms with Gasteiger partial charge in [0.1, 0.15) is 6.04 Å². The van der Waals surface area contributed by atoms with Gasteiger partial charge in [0.05, 0.1) is 29.2 Å². The summed E-state index contributed by atoms with van der Waals surface area (Å²) in [5.41, 5.74) is 0. The number of likely N-dealkylation sites (tertiary alicyclic amines) is 1. The molecule has 0 saturated carbocycles. The van der Waals surface area contributed by atoms with Crippen molar-refractivity contribution >= 4 is 29.5 Å². The Bertz CT molecular complexity index is 732. The fourth-order valence-corrected chi connectivity index (χ4v) is 8.64. The zero-order valence-electron chi connectivity index (χ0n) is 20.4. The first kappa shape index (κ1) is 25.3. The monoisotopic (exact) mass is 467 g/mol. The number of amides is 3. The van der Waals surface area contributed by atoms with Crippen molar-refractivity contribution in [2.24, 2.45) is 23.7 Å². The largest absolute Gasteiger partial charge is 0.394 e. The first-order chi connectivity index (χ1) is 15.1. The average molecular weight is 468 g/mol. The summed E-state index contributed by atoms with van der Waals surface area (Å²) >= 11 is 1.69. The molecule has 0 aromatic carbocycles. The molecule has 3 aliphatic heterocycles. The Morgan fingerprint density at radius 3 is 2.47 bits per heavy atom. The summed E-state index contributed by atoms with van der Waals surface area (Å²) in [5.74, 6) is -1.17. The van der Waals surface area contributed by atoms with Gasteiger partial charge in [-0.3, -0.25) is 14.4 Å². The number of nitrogens with one attached hydrogen (secondary N) is 2. The zero-order valence-corrected chi connectivity index (χ0v) is 21.2. The van der Waals surface area contributed by atoms with Gasteiger partial charge in [-0.1, -0.05) is 41.0 Å². The van der Waals surface area contributed by atoms with Crippen LogP contribution < -0.4 is 10.6 Å². The van der Waals surface area contributed by atoms with Crippen molar-refractivity contribution in [3.63, 3.8) is 0 Å². The molecular weight excluding hydrogens is 426 g/mol. The Morgan fingerprint density at radius 1 is 1.22 bits per heavy atom. The molecular formula is C24H41N3O4S. The van der Waals surface area contributed by atoms with Crippen molar-refractivity contribution in [2.45, 2.75) is 95.3 Å². The molecule has 32 heavy (non-hydrogen) atoms. The standard InChI is InChI=1S/C24H41N3O4S/c1-7-9-15(6)26-22(30)20-24-14(5)11-17(32-24)18(21(29)25-10-8-2)19(24)23(31)27(20)16(12-28)13(3)4/h13-20,28H,7-12H2,1-6H3,(H,25,29)(H,26,30)/t14?,15?,16-,17-,18+,19-,20?,24?/m0/s1. The second-order valence-electron chi connectivity index (χ2n) is 10.3. The molecule has 0 aromatic heterocycles. The molecule has 3 fully saturated rings. The highest BCUT2D eigenvalue weighted by Gasteiger charge is 2.76. The van der Waals surface area contributed by atoms with Gasteiger partial charge < -0.3 is 20.6 Å². The quantitative estimate of drug-likeness (QED) is 0.457. The fourth-order valence-electron chi connectivity index (χ4n) is 6.23. The number of aliphatic hydroxyl groups is 1. The van der Waals surface area contributed by atoms with E-state index in [0.29, 0.717) is 6.54 Å². The van der Waals surface area contributed by atoms with Crippen molar-refractivity contribution in [1.82, 2.24) is 15.5 Å². The number of nitrogens with zero attached hydrogens (tertiary/aromatic N) is 1. The van der Waals surface area contributed by atoms with E-state index >= 15 is 0 Å². The van der Waals surface area contributed by atoms with E-state index in [2.05, 4.69) is 24.5 Å². The van der Waals surface area contributed by atoms with Crippen LogP contribution in [-0.4, -0.2) is 69.0 Å². The SMILES string of the molecule is CCCNC(=O)[C@@H]1[C@@H]2CC(C)C3(S2)C(C(=O)NC(C)CCC)N([C@@H](CO)C(C)C)C(=O)[C@H]13. The van der Waals surface area contributed by atoms with Crippen LogP contribution in [0, 0.1) is 23.7 Å². The predicted octanol–water partition coefficient (Wildman–Crippen LogP) is 2.17. The minimum Gasteiger partial charge on any atom is -0.394 e. The van der Waals surface area contributed by atoms with Gasteiger partial charge >= 0.3 is 0 Å². The van der Waals surface area contributed by atoms with Crippen molar-refractivity contribution < 1.29 is 19.5 Å². The number of carbonyl (C=O) groups is 3. The summed E-state index contributed by atoms with van der Waals surface area (Å²) in [6.45, 7) is 12.5. The third kappa shape index (κ3) is 3.95. The second-order valence-corrected chi connectivity index (χ2v) is 11.8. The molecule has 182 valence electrons. The maximum absolute atomic E-state index is 14.0. The zero-order chi connectivity index (χ0) is 23.8. The predicted molar refractivity (Wildman–Crippen MR) is 127 cm³/mol. The van der Waals surface area contributed by atoms with E-state index in [0.717, 1.165) is 25.7 Å². The summed E-state index contributed by atoms with van der Waals surface area (Å²) in [7, 11) is 0. The van der Waals surface area contributed by atoms with Gasteiger partial charge in [0.15, 0.2) is 0 Å². The lowest BCUT2D eigenvalue weighted by Gasteiger charge is -2.41. The number of rotatable bonds is 10. The van der Waals surface area contributed by atoms with Gasteiger partial charge in [-0.2, -0.15) is 0 Å². The van der Waals surface area contributed by atoms with Crippen molar-refractivity contribution in [3.05, 3.63) is 0 Å². The molecule has 3 heterocycles. The molecule has 1 spiro atoms. The summed E-state index contributed by atoms with van der Waals surface area (Å²) in [5, 5.41) is 16.4. The lowest BCUT2D eigenvalue weighted by atomic mass is 9.65. The molecule has 3 amide bonds. The summed E-state index contributed by atoms with van der Waals surface area (Å²) < 4.78 is -0.631. The van der Waals surface area contributed by atoms with Crippen LogP contribution in [-0.2, 0) is 14.4 Å². The third-order valence-corrected chi connectivity index (χ3v) is 9.78. The van der Waals surface area contributed by atoms with Crippen molar-refractivity contribution in [3.8, 4) is 0 Å². The van der Waals surface area contributed by atoms with Crippen LogP contribution in [0.4, 0.5) is 0 Å². The van der Waals surface area contributed by atoms with Gasteiger partial charge in [-0.15, -0.1) is 11.8 Å². The van der Waals surface area contributed by atoms with Gasteiger partial charge in [0, 0.05) is 17.8 Å². The Kier molecular flexibility index (Phi) is 7.85. The van der Waals surface area contributed by atoms with E-state index in [-0.39, 0.29) is 47.5 Å². The van der Waals surface area contributed by atoms with E-state index < -0.39 is 28.7 Å². The van der Waals surface area contributed by atoms with Crippen LogP contribution in [0.2, 0.25) is 0 Å². The van der Waals surface area contributed by atoms with Gasteiger partial charge in [0.25, 0.3) is 0 Å². The molecule has 4 unspecified atom stereocenters. The number of thioether (sulfide) groups is 1. The molecule has 3 rings (SSSR count). The molecule has 0 aliphatic carbocycles. The van der Waals surface area contributed by atoms with E-state index in [1.165, 1.54) is 0 Å². The third-order valence-electron chi connectivity index (χ3n) is 7.71. The van der Waals surface area contributed by atoms with Crippen LogP contribution in [0.1, 0.15) is 67.2 Å². The van der Waals surface area contributed by atoms with Crippen LogP contribution in [0.3, 0.4) is 0 Å². The molecule has 7 nitrogen and oxygen atoms in total. The molecule has 8 atom stereocenters. The van der Waals surface area contributed by atoms with Crippen molar-refractivity contribution in [2.75, 3.05) is 13.2 Å². The molecule has 2 bridgehead atoms. The molecule has 0 aromatic rings. The Morgan fingerprint density at radius 2 is 1.91 bits per heavy atom. The first-order valence-corrected chi connectivity index (χ1v) is 13.2. The smallest absolute Gasteiger partial charge is 0.244 e. The molecule has 8 heteroatoms. The topological polar surface area (TPSA) is 98.7 Å². The fraction of sp³-hybridized carbons (Fsp3) is 0.875. The lowest BCUT2D eigenvalue weighted by Crippen LogP contribution is -2.60. The first-order valence-electron chi connectivity index (χ1n) is 12.3. The molecule has 3 aliphatic rings. The average Bonchev–Trinajstić information content (AvgIpc) is 3.31. The number of aliphatic hydroxyl groups excluding tert-OH is 1. The number of hydrogen-bond acceptors (Lipinski definition) is 5. The summed E-state index contributed by atoms with van der Waals surface area (Å²) in [6, 6.07) is -1.12. The number of fused-ring (bicyclic) bond motifs is 1. The highest BCUT2D eigenvalue weighted by atomic mass is 32.2. The number of hydrogen-bond donors (Lipinski definition) is 3. The number of carbonyl (C=O) groups excluding carboxylic acids is 3. The van der Waals surface area contributed by atoms with Crippen LogP contribution in [0.15, 0.2) is 0 Å². The molecule has 0 radical (unpaired) electrons. The maximum Gasteiger partial charge on any atom is 0.244 e. The Balaban J connectivity index is 2.05. The van der Waals surface area contributed by atoms with Crippen LogP contribution >= 0.6 is 11.8 Å². The Labute approximate surface area is 196 Å². The minimum atomic E-state index is -0.673. The van der Waals surface area contributed by atoms with Crippen LogP contribution in [0.25, 0.3) is 0 Å². The van der Waals surface area contributed by atoms with Crippen LogP contribution in [0.5, 0.6) is 0 Å². The van der Waals surface area contributed by atoms with Crippen molar-refractivity contribution in [1.29, 1.82) is 0 Å². The molecule has 3 N–H and O–H groups in total. The van der Waals surface area contributed by atoms with E-state index in [4.69, 9.17) is 0 Å². The van der Waals surface area contributed by atoms with Gasteiger partial charge in [0.2, 0.25) is 17.7 Å². The highest BCUT2D eigenvalue weighted by Crippen LogP contribution is 2.68. The highest BCUT2D eigenvalue weighted by molar-refractivity contribution is 8.02. The van der Waals surface area contributed by atoms with E-state index in [9.17, 15) is 19.5 Å². The maximum atomic E-state index is 14.0. The van der Waals surface area contributed by atoms with E-state index in [1.807, 2.05) is 27.7 Å². The normalized spacial score (nSPS) is 35.2. The lowest BCUT2D eigenvalue weighted by molar-refractivity contribution is -0.143. The van der Waals surface area contributed by atoms with E-state index in [1.54, 1.807) is 16.7 Å². The summed E-state index contributed by atoms with van der Waals surface area (Å²) in [4.78, 5) is 42.5.